The number of benzene rings is 2. The van der Waals surface area contributed by atoms with Crippen molar-refractivity contribution in [3.05, 3.63) is 89.4 Å². The maximum absolute atomic E-state index is 12.0. The van der Waals surface area contributed by atoms with E-state index in [4.69, 9.17) is 5.10 Å². The average molecular weight is 411 g/mol. The van der Waals surface area contributed by atoms with Crippen molar-refractivity contribution in [1.82, 2.24) is 14.7 Å². The number of rotatable bonds is 3. The molecule has 1 aliphatic carbocycles. The van der Waals surface area contributed by atoms with Crippen molar-refractivity contribution >= 4 is 11.6 Å². The second-order valence-electron chi connectivity index (χ2n) is 8.86. The van der Waals surface area contributed by atoms with Crippen molar-refractivity contribution in [3.8, 4) is 5.69 Å². The summed E-state index contributed by atoms with van der Waals surface area (Å²) in [5.74, 6) is 0.355. The predicted molar refractivity (Wildman–Crippen MR) is 121 cm³/mol. The SMILES string of the molecule is C/C=C1/[C@@H]2C[C@H]3N1CCC3(c1ccccc1NC(C)=O)c1c2cnn1-c1ccccc1. The number of aromatic nitrogens is 2. The molecule has 2 saturated heterocycles. The lowest BCUT2D eigenvalue weighted by Gasteiger charge is -2.40. The maximum atomic E-state index is 12.0. The second-order valence-corrected chi connectivity index (χ2v) is 8.86. The van der Waals surface area contributed by atoms with Gasteiger partial charge in [0, 0.05) is 42.4 Å². The van der Waals surface area contributed by atoms with Gasteiger partial charge in [0.25, 0.3) is 0 Å². The molecule has 0 spiro atoms. The number of amides is 1. The van der Waals surface area contributed by atoms with Crippen LogP contribution in [-0.4, -0.2) is 33.2 Å². The molecule has 2 bridgehead atoms. The Bertz CT molecular complexity index is 1210. The van der Waals surface area contributed by atoms with Crippen LogP contribution in [0.25, 0.3) is 5.69 Å². The van der Waals surface area contributed by atoms with Crippen LogP contribution in [0.15, 0.2) is 72.6 Å². The molecular weight excluding hydrogens is 384 g/mol. The summed E-state index contributed by atoms with van der Waals surface area (Å²) in [5, 5.41) is 8.03. The number of anilines is 1. The lowest BCUT2D eigenvalue weighted by Crippen LogP contribution is -2.43. The Hall–Kier alpha value is -3.34. The molecule has 0 saturated carbocycles. The smallest absolute Gasteiger partial charge is 0.221 e. The molecule has 3 aliphatic rings. The van der Waals surface area contributed by atoms with Gasteiger partial charge in [-0.25, -0.2) is 4.68 Å². The van der Waals surface area contributed by atoms with Gasteiger partial charge in [-0.05, 0) is 43.5 Å². The van der Waals surface area contributed by atoms with Gasteiger partial charge < -0.3 is 10.2 Å². The zero-order chi connectivity index (χ0) is 21.2. The van der Waals surface area contributed by atoms with Crippen molar-refractivity contribution in [2.75, 3.05) is 11.9 Å². The molecule has 5 heteroatoms. The summed E-state index contributed by atoms with van der Waals surface area (Å²) in [4.78, 5) is 14.7. The zero-order valence-corrected chi connectivity index (χ0v) is 17.9. The number of nitrogens with zero attached hydrogens (tertiary/aromatic N) is 3. The third-order valence-corrected chi connectivity index (χ3v) is 7.45. The molecule has 5 nitrogen and oxygen atoms in total. The minimum Gasteiger partial charge on any atom is -0.370 e. The van der Waals surface area contributed by atoms with Crippen LogP contribution >= 0.6 is 0 Å². The fraction of sp³-hybridized carbons (Fsp3) is 0.308. The van der Waals surface area contributed by atoms with Crippen LogP contribution < -0.4 is 5.32 Å². The molecule has 2 aromatic carbocycles. The largest absolute Gasteiger partial charge is 0.370 e. The Morgan fingerprint density at radius 3 is 2.71 bits per heavy atom. The number of hydrogen-bond donors (Lipinski definition) is 1. The first kappa shape index (κ1) is 18.4. The van der Waals surface area contributed by atoms with Gasteiger partial charge in [-0.15, -0.1) is 0 Å². The van der Waals surface area contributed by atoms with E-state index in [2.05, 4.69) is 70.5 Å². The Kier molecular flexibility index (Phi) is 3.91. The molecule has 31 heavy (non-hydrogen) atoms. The standard InChI is InChI=1S/C26H26N4O/c1-3-23-19-15-24-26(13-14-29(23)24,21-11-7-8-12-22(21)28-17(2)31)25-20(19)16-27-30(25)18-9-5-4-6-10-18/h3-12,16,19,24H,13-15H2,1-2H3,(H,28,31)/b23-3-/t19-,24-,26?/m1/s1. The van der Waals surface area contributed by atoms with Crippen LogP contribution in [0, 0.1) is 0 Å². The maximum Gasteiger partial charge on any atom is 0.221 e. The molecule has 2 aliphatic heterocycles. The number of carbonyl (C=O) groups is 1. The normalized spacial score (nSPS) is 26.9. The third-order valence-electron chi connectivity index (χ3n) is 7.45. The van der Waals surface area contributed by atoms with Crippen molar-refractivity contribution in [2.45, 2.75) is 44.1 Å². The van der Waals surface area contributed by atoms with Crippen LogP contribution in [-0.2, 0) is 10.2 Å². The number of hydrogen-bond acceptors (Lipinski definition) is 3. The van der Waals surface area contributed by atoms with Crippen LogP contribution in [0.3, 0.4) is 0 Å². The summed E-state index contributed by atoms with van der Waals surface area (Å²) < 4.78 is 2.15. The fourth-order valence-corrected chi connectivity index (χ4v) is 6.44. The average Bonchev–Trinajstić information content (AvgIpc) is 3.45. The topological polar surface area (TPSA) is 50.2 Å². The zero-order valence-electron chi connectivity index (χ0n) is 17.9. The summed E-state index contributed by atoms with van der Waals surface area (Å²) in [6.07, 6.45) is 6.47. The molecule has 1 amide bonds. The van der Waals surface area contributed by atoms with Crippen LogP contribution in [0.4, 0.5) is 5.69 Å². The minimum atomic E-state index is -0.220. The Labute approximate surface area is 182 Å². The minimum absolute atomic E-state index is 0.0373. The lowest BCUT2D eigenvalue weighted by atomic mass is 9.64. The highest BCUT2D eigenvalue weighted by atomic mass is 16.1. The van der Waals surface area contributed by atoms with Gasteiger partial charge in [-0.3, -0.25) is 4.79 Å². The third kappa shape index (κ3) is 2.37. The highest BCUT2D eigenvalue weighted by Crippen LogP contribution is 2.62. The van der Waals surface area contributed by atoms with Crippen LogP contribution in [0.2, 0.25) is 0 Å². The number of para-hydroxylation sites is 2. The Morgan fingerprint density at radius 1 is 1.16 bits per heavy atom. The van der Waals surface area contributed by atoms with Gasteiger partial charge in [-0.2, -0.15) is 5.10 Å². The van der Waals surface area contributed by atoms with Crippen molar-refractivity contribution in [1.29, 1.82) is 0 Å². The molecule has 2 fully saturated rings. The summed E-state index contributed by atoms with van der Waals surface area (Å²) in [6, 6.07) is 19.1. The highest BCUT2D eigenvalue weighted by Gasteiger charge is 2.62. The van der Waals surface area contributed by atoms with E-state index in [0.717, 1.165) is 30.8 Å². The molecule has 3 aromatic rings. The van der Waals surface area contributed by atoms with E-state index in [1.807, 2.05) is 18.2 Å². The van der Waals surface area contributed by atoms with Crippen molar-refractivity contribution in [2.24, 2.45) is 0 Å². The number of nitrogens with one attached hydrogen (secondary N) is 1. The van der Waals surface area contributed by atoms with Gasteiger partial charge in [0.05, 0.1) is 23.0 Å². The molecular formula is C26H26N4O. The van der Waals surface area contributed by atoms with E-state index in [1.54, 1.807) is 6.92 Å². The summed E-state index contributed by atoms with van der Waals surface area (Å²) in [7, 11) is 0. The molecule has 3 atom stereocenters. The van der Waals surface area contributed by atoms with Crippen LogP contribution in [0.5, 0.6) is 0 Å². The quantitative estimate of drug-likeness (QED) is 0.687. The predicted octanol–water partition coefficient (Wildman–Crippen LogP) is 4.60. The summed E-state index contributed by atoms with van der Waals surface area (Å²) in [5.41, 5.74) is 7.02. The number of allylic oxidation sites excluding steroid dienone is 2. The first-order valence-corrected chi connectivity index (χ1v) is 11.1. The molecule has 1 aromatic heterocycles. The van der Waals surface area contributed by atoms with Gasteiger partial charge >= 0.3 is 0 Å². The van der Waals surface area contributed by atoms with Gasteiger partial charge in [-0.1, -0.05) is 42.5 Å². The summed E-state index contributed by atoms with van der Waals surface area (Å²) in [6.45, 7) is 4.76. The van der Waals surface area contributed by atoms with Crippen LogP contribution in [0.1, 0.15) is 49.4 Å². The molecule has 0 radical (unpaired) electrons. The van der Waals surface area contributed by atoms with E-state index in [9.17, 15) is 4.79 Å². The Balaban J connectivity index is 1.67. The van der Waals surface area contributed by atoms with Crippen molar-refractivity contribution in [3.63, 3.8) is 0 Å². The number of fused-ring (bicyclic) bond motifs is 4. The van der Waals surface area contributed by atoms with Gasteiger partial charge in [0.2, 0.25) is 5.91 Å². The molecule has 1 N–H and O–H groups in total. The van der Waals surface area contributed by atoms with Gasteiger partial charge in [0.1, 0.15) is 0 Å². The molecule has 3 heterocycles. The van der Waals surface area contributed by atoms with E-state index in [-0.39, 0.29) is 11.3 Å². The summed E-state index contributed by atoms with van der Waals surface area (Å²) >= 11 is 0. The second kappa shape index (κ2) is 6.58. The lowest BCUT2D eigenvalue weighted by molar-refractivity contribution is -0.114. The highest BCUT2D eigenvalue weighted by molar-refractivity contribution is 5.90. The van der Waals surface area contributed by atoms with Gasteiger partial charge in [0.15, 0.2) is 0 Å². The first-order chi connectivity index (χ1) is 15.1. The monoisotopic (exact) mass is 410 g/mol. The van der Waals surface area contributed by atoms with E-state index in [0.29, 0.717) is 12.0 Å². The molecule has 6 rings (SSSR count). The molecule has 1 unspecified atom stereocenters. The van der Waals surface area contributed by atoms with E-state index in [1.165, 1.54) is 22.5 Å². The molecule has 156 valence electrons. The van der Waals surface area contributed by atoms with Crippen molar-refractivity contribution < 1.29 is 4.79 Å². The fourth-order valence-electron chi connectivity index (χ4n) is 6.44. The first-order valence-electron chi connectivity index (χ1n) is 11.1. The van der Waals surface area contributed by atoms with E-state index < -0.39 is 0 Å². The number of carbonyl (C=O) groups excluding carboxylic acids is 1. The van der Waals surface area contributed by atoms with E-state index >= 15 is 0 Å². The Morgan fingerprint density at radius 2 is 1.94 bits per heavy atom.